The van der Waals surface area contributed by atoms with Crippen LogP contribution in [0.1, 0.15) is 30.9 Å². The topological polar surface area (TPSA) is 24.5 Å². The van der Waals surface area contributed by atoms with Gasteiger partial charge in [0.2, 0.25) is 0 Å². The molecule has 1 aliphatic rings. The third kappa shape index (κ3) is 4.19. The Labute approximate surface area is 127 Å². The first-order chi connectivity index (χ1) is 9.74. The van der Waals surface area contributed by atoms with Gasteiger partial charge in [-0.15, -0.1) is 0 Å². The average molecular weight is 297 g/mol. The van der Waals surface area contributed by atoms with Crippen LogP contribution in [0, 0.1) is 0 Å². The number of nitrogens with zero attached hydrogens (tertiary/aromatic N) is 1. The van der Waals surface area contributed by atoms with Gasteiger partial charge in [0.1, 0.15) is 0 Å². The quantitative estimate of drug-likeness (QED) is 0.873. The number of piperidine rings is 1. The van der Waals surface area contributed by atoms with Gasteiger partial charge >= 0.3 is 0 Å². The van der Waals surface area contributed by atoms with E-state index in [1.165, 1.54) is 5.56 Å². The first-order valence-electron chi connectivity index (χ1n) is 7.41. The van der Waals surface area contributed by atoms with Gasteiger partial charge in [-0.1, -0.05) is 29.8 Å². The van der Waals surface area contributed by atoms with E-state index in [2.05, 4.69) is 22.3 Å². The monoisotopic (exact) mass is 296 g/mol. The highest BCUT2D eigenvalue weighted by atomic mass is 35.5. The number of nitrogens with one attached hydrogen (secondary N) is 1. The van der Waals surface area contributed by atoms with Crippen molar-refractivity contribution >= 4 is 11.6 Å². The molecule has 0 bridgehead atoms. The molecule has 1 unspecified atom stereocenters. The largest absolute Gasteiger partial charge is 0.381 e. The fourth-order valence-corrected chi connectivity index (χ4v) is 3.16. The molecule has 1 aromatic carbocycles. The lowest BCUT2D eigenvalue weighted by molar-refractivity contribution is 0.0401. The van der Waals surface area contributed by atoms with Gasteiger partial charge in [-0.05, 0) is 44.5 Å². The van der Waals surface area contributed by atoms with Gasteiger partial charge < -0.3 is 15.0 Å². The van der Waals surface area contributed by atoms with Crippen LogP contribution in [0.3, 0.4) is 0 Å². The summed E-state index contributed by atoms with van der Waals surface area (Å²) >= 11 is 6.29. The van der Waals surface area contributed by atoms with Crippen molar-refractivity contribution in [2.45, 2.75) is 31.4 Å². The summed E-state index contributed by atoms with van der Waals surface area (Å²) in [5.74, 6) is 0. The maximum atomic E-state index is 6.29. The van der Waals surface area contributed by atoms with Crippen LogP contribution in [-0.2, 0) is 4.74 Å². The smallest absolute Gasteiger partial charge is 0.0595 e. The molecule has 1 N–H and O–H groups in total. The number of rotatable bonds is 6. The number of benzene rings is 1. The van der Waals surface area contributed by atoms with E-state index in [1.54, 1.807) is 0 Å². The van der Waals surface area contributed by atoms with E-state index in [0.29, 0.717) is 12.1 Å². The first-order valence-corrected chi connectivity index (χ1v) is 7.79. The fourth-order valence-electron chi connectivity index (χ4n) is 2.89. The molecule has 0 amide bonds. The zero-order valence-electron chi connectivity index (χ0n) is 12.4. The Bertz CT molecular complexity index is 405. The first kappa shape index (κ1) is 15.8. The predicted octanol–water partition coefficient (Wildman–Crippen LogP) is 3.10. The maximum Gasteiger partial charge on any atom is 0.0595 e. The van der Waals surface area contributed by atoms with E-state index in [9.17, 15) is 0 Å². The number of halogens is 1. The molecule has 3 nitrogen and oxygen atoms in total. The molecule has 20 heavy (non-hydrogen) atoms. The van der Waals surface area contributed by atoms with Crippen molar-refractivity contribution < 1.29 is 4.74 Å². The van der Waals surface area contributed by atoms with Gasteiger partial charge in [-0.25, -0.2) is 0 Å². The van der Waals surface area contributed by atoms with Gasteiger partial charge in [0.05, 0.1) is 6.10 Å². The maximum absolute atomic E-state index is 6.29. The van der Waals surface area contributed by atoms with E-state index in [0.717, 1.165) is 43.9 Å². The highest BCUT2D eigenvalue weighted by Crippen LogP contribution is 2.25. The van der Waals surface area contributed by atoms with Crippen molar-refractivity contribution in [3.63, 3.8) is 0 Å². The molecule has 0 aliphatic carbocycles. The van der Waals surface area contributed by atoms with Gasteiger partial charge in [-0.3, -0.25) is 0 Å². The Morgan fingerprint density at radius 1 is 1.35 bits per heavy atom. The molecule has 1 atom stereocenters. The van der Waals surface area contributed by atoms with Crippen LogP contribution in [0.5, 0.6) is 0 Å². The van der Waals surface area contributed by atoms with Crippen molar-refractivity contribution in [2.24, 2.45) is 0 Å². The lowest BCUT2D eigenvalue weighted by Crippen LogP contribution is -2.38. The van der Waals surface area contributed by atoms with Crippen molar-refractivity contribution in [2.75, 3.05) is 33.8 Å². The molecule has 0 radical (unpaired) electrons. The van der Waals surface area contributed by atoms with Crippen molar-refractivity contribution in [3.8, 4) is 0 Å². The van der Waals surface area contributed by atoms with Crippen LogP contribution in [-0.4, -0.2) is 44.8 Å². The normalized spacial score (nSPS) is 19.1. The third-order valence-electron chi connectivity index (χ3n) is 4.23. The summed E-state index contributed by atoms with van der Waals surface area (Å²) in [6.07, 6.45) is 3.83. The Morgan fingerprint density at radius 3 is 2.65 bits per heavy atom. The molecular weight excluding hydrogens is 272 g/mol. The second-order valence-electron chi connectivity index (χ2n) is 5.43. The minimum Gasteiger partial charge on any atom is -0.381 e. The molecule has 1 saturated heterocycles. The van der Waals surface area contributed by atoms with E-state index >= 15 is 0 Å². The Balaban J connectivity index is 1.84. The molecule has 1 aromatic rings. The standard InChI is InChI=1S/C16H25ClN2O/c1-18-16(14-5-3-4-6-15(14)17)9-12-19-10-7-13(20-2)8-11-19/h3-6,13,16,18H,7-12H2,1-2H3. The highest BCUT2D eigenvalue weighted by Gasteiger charge is 2.20. The van der Waals surface area contributed by atoms with Gasteiger partial charge in [0.15, 0.2) is 0 Å². The lowest BCUT2D eigenvalue weighted by atomic mass is 10.0. The summed E-state index contributed by atoms with van der Waals surface area (Å²) in [5, 5.41) is 4.23. The Morgan fingerprint density at radius 2 is 2.05 bits per heavy atom. The van der Waals surface area contributed by atoms with Gasteiger partial charge in [-0.2, -0.15) is 0 Å². The number of hydrogen-bond acceptors (Lipinski definition) is 3. The van der Waals surface area contributed by atoms with E-state index < -0.39 is 0 Å². The summed E-state index contributed by atoms with van der Waals surface area (Å²) in [5.41, 5.74) is 1.20. The number of hydrogen-bond donors (Lipinski definition) is 1. The summed E-state index contributed by atoms with van der Waals surface area (Å²) in [6, 6.07) is 8.43. The molecule has 1 heterocycles. The van der Waals surface area contributed by atoms with Crippen molar-refractivity contribution in [3.05, 3.63) is 34.9 Å². The minimum atomic E-state index is 0.323. The van der Waals surface area contributed by atoms with Gasteiger partial charge in [0.25, 0.3) is 0 Å². The number of methoxy groups -OCH3 is 1. The van der Waals surface area contributed by atoms with Crippen molar-refractivity contribution in [1.82, 2.24) is 10.2 Å². The van der Waals surface area contributed by atoms with Gasteiger partial charge in [0, 0.05) is 31.3 Å². The molecule has 112 valence electrons. The average Bonchev–Trinajstić information content (AvgIpc) is 2.50. The van der Waals surface area contributed by atoms with Crippen LogP contribution >= 0.6 is 11.6 Å². The minimum absolute atomic E-state index is 0.323. The number of likely N-dealkylation sites (tertiary alicyclic amines) is 1. The SMILES string of the molecule is CNC(CCN1CCC(OC)CC1)c1ccccc1Cl. The van der Waals surface area contributed by atoms with E-state index in [4.69, 9.17) is 16.3 Å². The van der Waals surface area contributed by atoms with E-state index in [1.807, 2.05) is 26.3 Å². The predicted molar refractivity (Wildman–Crippen MR) is 84.3 cm³/mol. The highest BCUT2D eigenvalue weighted by molar-refractivity contribution is 6.31. The molecule has 4 heteroatoms. The molecule has 0 saturated carbocycles. The molecule has 0 spiro atoms. The zero-order valence-corrected chi connectivity index (χ0v) is 13.2. The molecule has 2 rings (SSSR count). The fraction of sp³-hybridized carbons (Fsp3) is 0.625. The van der Waals surface area contributed by atoms with Crippen LogP contribution < -0.4 is 5.32 Å². The van der Waals surface area contributed by atoms with Crippen LogP contribution in [0.15, 0.2) is 24.3 Å². The Hall–Kier alpha value is -0.610. The van der Waals surface area contributed by atoms with Crippen LogP contribution in [0.2, 0.25) is 5.02 Å². The lowest BCUT2D eigenvalue weighted by Gasteiger charge is -2.32. The molecule has 1 aliphatic heterocycles. The summed E-state index contributed by atoms with van der Waals surface area (Å²) in [7, 11) is 3.82. The van der Waals surface area contributed by atoms with Crippen LogP contribution in [0.25, 0.3) is 0 Å². The van der Waals surface area contributed by atoms with E-state index in [-0.39, 0.29) is 0 Å². The summed E-state index contributed by atoms with van der Waals surface area (Å²) in [6.45, 7) is 3.38. The molecule has 1 fully saturated rings. The van der Waals surface area contributed by atoms with Crippen LogP contribution in [0.4, 0.5) is 0 Å². The van der Waals surface area contributed by atoms with Crippen molar-refractivity contribution in [1.29, 1.82) is 0 Å². The Kier molecular flexibility index (Phi) is 6.30. The molecule has 0 aromatic heterocycles. The third-order valence-corrected chi connectivity index (χ3v) is 4.58. The zero-order chi connectivity index (χ0) is 14.4. The summed E-state index contributed by atoms with van der Waals surface area (Å²) in [4.78, 5) is 2.52. The second-order valence-corrected chi connectivity index (χ2v) is 5.84. The second kappa shape index (κ2) is 7.99. The molecular formula is C16H25ClN2O. The summed E-state index contributed by atoms with van der Waals surface area (Å²) < 4.78 is 5.41. The number of ether oxygens (including phenoxy) is 1.